The van der Waals surface area contributed by atoms with Gasteiger partial charge in [-0.05, 0) is 12.8 Å². The number of ether oxygens (including phenoxy) is 4. The predicted molar refractivity (Wildman–Crippen MR) is 86.9 cm³/mol. The molecule has 0 aliphatic carbocycles. The summed E-state index contributed by atoms with van der Waals surface area (Å²) < 4.78 is 21.6. The molecule has 0 aromatic rings. The molecule has 128 valence electrons. The van der Waals surface area contributed by atoms with Gasteiger partial charge in [-0.25, -0.2) is 0 Å². The van der Waals surface area contributed by atoms with Crippen molar-refractivity contribution in [2.45, 2.75) is 58.8 Å². The standard InChI is InChI=1S/C17H36O4/c1-3-5-6-7-8-9-11-19-13-15-21-17-16-20-14-12-18-10-4-2/h3-17H2,1-2H3. The maximum atomic E-state index is 5.53. The van der Waals surface area contributed by atoms with Gasteiger partial charge in [0.25, 0.3) is 0 Å². The first-order valence-electron chi connectivity index (χ1n) is 8.72. The molecule has 0 rings (SSSR count). The van der Waals surface area contributed by atoms with Crippen LogP contribution in [-0.4, -0.2) is 52.9 Å². The van der Waals surface area contributed by atoms with Crippen LogP contribution in [-0.2, 0) is 18.9 Å². The average molecular weight is 304 g/mol. The van der Waals surface area contributed by atoms with Crippen LogP contribution in [0.4, 0.5) is 0 Å². The highest BCUT2D eigenvalue weighted by molar-refractivity contribution is 4.43. The molecule has 0 unspecified atom stereocenters. The zero-order valence-electron chi connectivity index (χ0n) is 14.2. The van der Waals surface area contributed by atoms with Gasteiger partial charge in [-0.3, -0.25) is 0 Å². The molecule has 0 saturated carbocycles. The molecule has 0 radical (unpaired) electrons. The van der Waals surface area contributed by atoms with Gasteiger partial charge in [-0.15, -0.1) is 0 Å². The maximum absolute atomic E-state index is 5.53. The first kappa shape index (κ1) is 20.8. The van der Waals surface area contributed by atoms with Crippen molar-refractivity contribution in [1.82, 2.24) is 0 Å². The SMILES string of the molecule is CCCCCCCCOCCOCCOCCOCCC. The zero-order chi connectivity index (χ0) is 15.4. The van der Waals surface area contributed by atoms with Gasteiger partial charge in [0.15, 0.2) is 0 Å². The van der Waals surface area contributed by atoms with Crippen LogP contribution >= 0.6 is 0 Å². The predicted octanol–water partition coefficient (Wildman–Crippen LogP) is 3.82. The fourth-order valence-corrected chi connectivity index (χ4v) is 1.89. The summed E-state index contributed by atoms with van der Waals surface area (Å²) in [6.07, 6.45) is 8.89. The lowest BCUT2D eigenvalue weighted by atomic mass is 10.1. The topological polar surface area (TPSA) is 36.9 Å². The van der Waals surface area contributed by atoms with Gasteiger partial charge in [-0.1, -0.05) is 46.0 Å². The van der Waals surface area contributed by atoms with Crippen LogP contribution in [0.5, 0.6) is 0 Å². The highest BCUT2D eigenvalue weighted by Crippen LogP contribution is 2.04. The molecule has 0 fully saturated rings. The van der Waals surface area contributed by atoms with Crippen molar-refractivity contribution in [3.63, 3.8) is 0 Å². The third-order valence-corrected chi connectivity index (χ3v) is 3.11. The monoisotopic (exact) mass is 304 g/mol. The van der Waals surface area contributed by atoms with Crippen LogP contribution in [0.1, 0.15) is 58.8 Å². The van der Waals surface area contributed by atoms with Gasteiger partial charge in [0.1, 0.15) is 0 Å². The number of hydrogen-bond acceptors (Lipinski definition) is 4. The Bertz CT molecular complexity index is 158. The van der Waals surface area contributed by atoms with Crippen molar-refractivity contribution in [3.8, 4) is 0 Å². The minimum Gasteiger partial charge on any atom is -0.379 e. The second kappa shape index (κ2) is 19.8. The van der Waals surface area contributed by atoms with Crippen molar-refractivity contribution < 1.29 is 18.9 Å². The van der Waals surface area contributed by atoms with Gasteiger partial charge in [0, 0.05) is 13.2 Å². The molecule has 0 amide bonds. The summed E-state index contributed by atoms with van der Waals surface area (Å²) in [7, 11) is 0. The Labute approximate surface area is 131 Å². The van der Waals surface area contributed by atoms with E-state index in [0.29, 0.717) is 39.6 Å². The molecule has 0 bridgehead atoms. The van der Waals surface area contributed by atoms with Crippen LogP contribution in [0, 0.1) is 0 Å². The van der Waals surface area contributed by atoms with E-state index in [-0.39, 0.29) is 0 Å². The molecule has 0 N–H and O–H groups in total. The number of rotatable bonds is 18. The molecular weight excluding hydrogens is 268 g/mol. The van der Waals surface area contributed by atoms with Gasteiger partial charge < -0.3 is 18.9 Å². The average Bonchev–Trinajstić information content (AvgIpc) is 2.50. The molecule has 0 aromatic heterocycles. The van der Waals surface area contributed by atoms with E-state index < -0.39 is 0 Å². The zero-order valence-corrected chi connectivity index (χ0v) is 14.2. The molecule has 4 nitrogen and oxygen atoms in total. The summed E-state index contributed by atoms with van der Waals surface area (Å²) >= 11 is 0. The Morgan fingerprint density at radius 2 is 0.810 bits per heavy atom. The Morgan fingerprint density at radius 3 is 1.33 bits per heavy atom. The Morgan fingerprint density at radius 1 is 0.381 bits per heavy atom. The van der Waals surface area contributed by atoms with Gasteiger partial charge in [0.05, 0.1) is 39.6 Å². The first-order chi connectivity index (χ1) is 10.4. The molecule has 4 heteroatoms. The second-order valence-electron chi connectivity index (χ2n) is 5.22. The summed E-state index contributed by atoms with van der Waals surface area (Å²) in [5.41, 5.74) is 0. The smallest absolute Gasteiger partial charge is 0.0701 e. The minimum absolute atomic E-state index is 0.632. The van der Waals surface area contributed by atoms with E-state index >= 15 is 0 Å². The number of hydrogen-bond donors (Lipinski definition) is 0. The molecule has 0 aromatic carbocycles. The van der Waals surface area contributed by atoms with E-state index in [1.54, 1.807) is 0 Å². The Balaban J connectivity index is 2.90. The molecule has 0 atom stereocenters. The number of unbranched alkanes of at least 4 members (excludes halogenated alkanes) is 5. The van der Waals surface area contributed by atoms with E-state index in [1.807, 2.05) is 0 Å². The molecule has 21 heavy (non-hydrogen) atoms. The summed E-state index contributed by atoms with van der Waals surface area (Å²) in [5, 5.41) is 0. The van der Waals surface area contributed by atoms with E-state index in [4.69, 9.17) is 18.9 Å². The second-order valence-corrected chi connectivity index (χ2v) is 5.22. The molecule has 0 spiro atoms. The van der Waals surface area contributed by atoms with E-state index in [0.717, 1.165) is 19.6 Å². The molecule has 0 heterocycles. The molecule has 0 aliphatic rings. The first-order valence-corrected chi connectivity index (χ1v) is 8.72. The van der Waals surface area contributed by atoms with Crippen LogP contribution in [0.3, 0.4) is 0 Å². The van der Waals surface area contributed by atoms with Gasteiger partial charge >= 0.3 is 0 Å². The molecule has 0 aliphatic heterocycles. The van der Waals surface area contributed by atoms with Crippen molar-refractivity contribution >= 4 is 0 Å². The third kappa shape index (κ3) is 19.8. The third-order valence-electron chi connectivity index (χ3n) is 3.11. The Kier molecular flexibility index (Phi) is 19.7. The van der Waals surface area contributed by atoms with E-state index in [1.165, 1.54) is 38.5 Å². The summed E-state index contributed by atoms with van der Waals surface area (Å²) in [5.74, 6) is 0. The summed E-state index contributed by atoms with van der Waals surface area (Å²) in [6.45, 7) is 9.96. The molecule has 0 saturated heterocycles. The van der Waals surface area contributed by atoms with Gasteiger partial charge in [-0.2, -0.15) is 0 Å². The quantitative estimate of drug-likeness (QED) is 0.361. The van der Waals surface area contributed by atoms with Crippen LogP contribution < -0.4 is 0 Å². The highest BCUT2D eigenvalue weighted by Gasteiger charge is 1.93. The largest absolute Gasteiger partial charge is 0.379 e. The Hall–Kier alpha value is -0.160. The molecular formula is C17H36O4. The van der Waals surface area contributed by atoms with Crippen molar-refractivity contribution in [2.24, 2.45) is 0 Å². The fraction of sp³-hybridized carbons (Fsp3) is 1.00. The van der Waals surface area contributed by atoms with Crippen molar-refractivity contribution in [3.05, 3.63) is 0 Å². The fourth-order valence-electron chi connectivity index (χ4n) is 1.89. The normalized spacial score (nSPS) is 11.1. The van der Waals surface area contributed by atoms with Crippen LogP contribution in [0.2, 0.25) is 0 Å². The lowest BCUT2D eigenvalue weighted by molar-refractivity contribution is -0.00206. The summed E-state index contributed by atoms with van der Waals surface area (Å²) in [6, 6.07) is 0. The lowest BCUT2D eigenvalue weighted by Crippen LogP contribution is -2.12. The lowest BCUT2D eigenvalue weighted by Gasteiger charge is -2.07. The van der Waals surface area contributed by atoms with Gasteiger partial charge in [0.2, 0.25) is 0 Å². The van der Waals surface area contributed by atoms with E-state index in [9.17, 15) is 0 Å². The highest BCUT2D eigenvalue weighted by atomic mass is 16.6. The van der Waals surface area contributed by atoms with Crippen LogP contribution in [0.15, 0.2) is 0 Å². The van der Waals surface area contributed by atoms with Crippen molar-refractivity contribution in [1.29, 1.82) is 0 Å². The minimum atomic E-state index is 0.632. The van der Waals surface area contributed by atoms with Crippen molar-refractivity contribution in [2.75, 3.05) is 52.9 Å². The van der Waals surface area contributed by atoms with E-state index in [2.05, 4.69) is 13.8 Å². The summed E-state index contributed by atoms with van der Waals surface area (Å²) in [4.78, 5) is 0. The maximum Gasteiger partial charge on any atom is 0.0701 e. The van der Waals surface area contributed by atoms with Crippen LogP contribution in [0.25, 0.3) is 0 Å².